The SMILES string of the molecule is Cc1ccc2ncc(C(=O)NCC3(CO)CC3)c(=O)n2c1. The smallest absolute Gasteiger partial charge is 0.270 e. The predicted octanol–water partition coefficient (Wildman–Crippen LogP) is 0.505. The van der Waals surface area contributed by atoms with Crippen LogP contribution in [0.1, 0.15) is 28.8 Å². The van der Waals surface area contributed by atoms with E-state index in [1.54, 1.807) is 12.3 Å². The molecule has 1 saturated carbocycles. The molecular formula is C15H17N3O3. The molecule has 2 heterocycles. The lowest BCUT2D eigenvalue weighted by Crippen LogP contribution is -2.36. The third kappa shape index (κ3) is 2.54. The molecule has 1 aliphatic carbocycles. The summed E-state index contributed by atoms with van der Waals surface area (Å²) in [5.41, 5.74) is 0.881. The largest absolute Gasteiger partial charge is 0.396 e. The van der Waals surface area contributed by atoms with Crippen LogP contribution in [0.2, 0.25) is 0 Å². The van der Waals surface area contributed by atoms with Crippen LogP contribution in [0.5, 0.6) is 0 Å². The van der Waals surface area contributed by atoms with Crippen LogP contribution < -0.4 is 10.9 Å². The molecule has 0 aliphatic heterocycles. The molecule has 0 aromatic carbocycles. The predicted molar refractivity (Wildman–Crippen MR) is 77.3 cm³/mol. The maximum atomic E-state index is 12.3. The maximum Gasteiger partial charge on any atom is 0.270 e. The Morgan fingerprint density at radius 1 is 1.48 bits per heavy atom. The van der Waals surface area contributed by atoms with Gasteiger partial charge in [0.2, 0.25) is 0 Å². The van der Waals surface area contributed by atoms with Crippen molar-refractivity contribution in [2.45, 2.75) is 19.8 Å². The van der Waals surface area contributed by atoms with E-state index < -0.39 is 5.91 Å². The number of hydrogen-bond acceptors (Lipinski definition) is 4. The Morgan fingerprint density at radius 3 is 2.90 bits per heavy atom. The van der Waals surface area contributed by atoms with Gasteiger partial charge in [-0.05, 0) is 31.4 Å². The third-order valence-electron chi connectivity index (χ3n) is 4.01. The molecule has 2 N–H and O–H groups in total. The Bertz CT molecular complexity index is 762. The molecule has 21 heavy (non-hydrogen) atoms. The van der Waals surface area contributed by atoms with Crippen molar-refractivity contribution in [2.75, 3.05) is 13.2 Å². The molecule has 0 atom stereocenters. The number of aromatic nitrogens is 2. The molecule has 6 heteroatoms. The zero-order valence-corrected chi connectivity index (χ0v) is 11.8. The van der Waals surface area contributed by atoms with Crippen LogP contribution >= 0.6 is 0 Å². The fraction of sp³-hybridized carbons (Fsp3) is 0.400. The van der Waals surface area contributed by atoms with E-state index in [0.29, 0.717) is 12.2 Å². The highest BCUT2D eigenvalue weighted by atomic mass is 16.3. The van der Waals surface area contributed by atoms with E-state index in [4.69, 9.17) is 0 Å². The molecule has 2 aromatic rings. The van der Waals surface area contributed by atoms with E-state index >= 15 is 0 Å². The standard InChI is InChI=1S/C15H17N3O3/c1-10-2-3-12-16-6-11(14(21)18(12)7-10)13(20)17-8-15(9-19)4-5-15/h2-3,6-7,19H,4-5,8-9H2,1H3,(H,17,20). The summed E-state index contributed by atoms with van der Waals surface area (Å²) in [5.74, 6) is -0.442. The van der Waals surface area contributed by atoms with Gasteiger partial charge >= 0.3 is 0 Å². The molecular weight excluding hydrogens is 270 g/mol. The summed E-state index contributed by atoms with van der Waals surface area (Å²) in [5, 5.41) is 12.0. The molecule has 1 aliphatic rings. The van der Waals surface area contributed by atoms with Gasteiger partial charge in [0.1, 0.15) is 11.2 Å². The highest BCUT2D eigenvalue weighted by molar-refractivity contribution is 5.93. The van der Waals surface area contributed by atoms with E-state index in [0.717, 1.165) is 18.4 Å². The number of carbonyl (C=O) groups is 1. The molecule has 0 spiro atoms. The number of pyridine rings is 1. The number of fused-ring (bicyclic) bond motifs is 1. The Kier molecular flexibility index (Phi) is 3.25. The van der Waals surface area contributed by atoms with Gasteiger partial charge in [-0.1, -0.05) is 6.07 Å². The minimum absolute atomic E-state index is 0.0202. The fourth-order valence-electron chi connectivity index (χ4n) is 2.27. The van der Waals surface area contributed by atoms with E-state index in [2.05, 4.69) is 10.3 Å². The van der Waals surface area contributed by atoms with Crippen LogP contribution in [0, 0.1) is 12.3 Å². The van der Waals surface area contributed by atoms with Crippen molar-refractivity contribution in [3.63, 3.8) is 0 Å². The lowest BCUT2D eigenvalue weighted by atomic mass is 10.1. The second-order valence-corrected chi connectivity index (χ2v) is 5.75. The highest BCUT2D eigenvalue weighted by Gasteiger charge is 2.42. The van der Waals surface area contributed by atoms with Gasteiger partial charge in [0.25, 0.3) is 11.5 Å². The van der Waals surface area contributed by atoms with Crippen molar-refractivity contribution in [3.05, 3.63) is 46.0 Å². The first kappa shape index (κ1) is 13.8. The number of aliphatic hydroxyl groups is 1. The van der Waals surface area contributed by atoms with Crippen LogP contribution in [-0.4, -0.2) is 33.6 Å². The molecule has 6 nitrogen and oxygen atoms in total. The average Bonchev–Trinajstić information content (AvgIpc) is 3.26. The molecule has 110 valence electrons. The first-order valence-corrected chi connectivity index (χ1v) is 6.92. The van der Waals surface area contributed by atoms with Gasteiger partial charge < -0.3 is 10.4 Å². The summed E-state index contributed by atoms with van der Waals surface area (Å²) >= 11 is 0. The zero-order chi connectivity index (χ0) is 15.0. The number of rotatable bonds is 4. The second kappa shape index (κ2) is 4.96. The first-order chi connectivity index (χ1) is 10.0. The molecule has 0 bridgehead atoms. The summed E-state index contributed by atoms with van der Waals surface area (Å²) in [6, 6.07) is 3.60. The molecule has 0 saturated heterocycles. The van der Waals surface area contributed by atoms with Gasteiger partial charge in [-0.2, -0.15) is 0 Å². The number of nitrogens with one attached hydrogen (secondary N) is 1. The summed E-state index contributed by atoms with van der Waals surface area (Å²) in [6.45, 7) is 2.32. The van der Waals surface area contributed by atoms with E-state index in [1.165, 1.54) is 10.6 Å². The lowest BCUT2D eigenvalue weighted by Gasteiger charge is -2.12. The summed E-state index contributed by atoms with van der Waals surface area (Å²) < 4.78 is 1.38. The van der Waals surface area contributed by atoms with Crippen molar-refractivity contribution >= 4 is 11.6 Å². The van der Waals surface area contributed by atoms with E-state index in [-0.39, 0.29) is 23.1 Å². The van der Waals surface area contributed by atoms with Crippen LogP contribution in [0.25, 0.3) is 5.65 Å². The Labute approximate surface area is 121 Å². The van der Waals surface area contributed by atoms with E-state index in [1.807, 2.05) is 13.0 Å². The van der Waals surface area contributed by atoms with Gasteiger partial charge in [0.05, 0.1) is 6.61 Å². The van der Waals surface area contributed by atoms with Crippen molar-refractivity contribution in [2.24, 2.45) is 5.41 Å². The molecule has 1 amide bonds. The van der Waals surface area contributed by atoms with Crippen molar-refractivity contribution in [1.29, 1.82) is 0 Å². The van der Waals surface area contributed by atoms with Gasteiger partial charge in [-0.3, -0.25) is 14.0 Å². The number of aliphatic hydroxyl groups excluding tert-OH is 1. The quantitative estimate of drug-likeness (QED) is 0.858. The summed E-state index contributed by atoms with van der Waals surface area (Å²) in [6.07, 6.45) is 4.77. The van der Waals surface area contributed by atoms with Crippen LogP contribution in [-0.2, 0) is 0 Å². The topological polar surface area (TPSA) is 83.7 Å². The average molecular weight is 287 g/mol. The number of amides is 1. The van der Waals surface area contributed by atoms with Gasteiger partial charge in [0, 0.05) is 24.4 Å². The Balaban J connectivity index is 1.88. The number of aryl methyl sites for hydroxylation is 1. The van der Waals surface area contributed by atoms with Crippen molar-refractivity contribution in [3.8, 4) is 0 Å². The number of hydrogen-bond donors (Lipinski definition) is 2. The highest BCUT2D eigenvalue weighted by Crippen LogP contribution is 2.44. The minimum atomic E-state index is -0.442. The second-order valence-electron chi connectivity index (χ2n) is 5.75. The molecule has 1 fully saturated rings. The number of carbonyl (C=O) groups excluding carboxylic acids is 1. The zero-order valence-electron chi connectivity index (χ0n) is 11.8. The summed E-state index contributed by atoms with van der Waals surface area (Å²) in [7, 11) is 0. The van der Waals surface area contributed by atoms with Gasteiger partial charge in [0.15, 0.2) is 0 Å². The normalized spacial score (nSPS) is 15.9. The van der Waals surface area contributed by atoms with Crippen molar-refractivity contribution in [1.82, 2.24) is 14.7 Å². The first-order valence-electron chi connectivity index (χ1n) is 6.92. The monoisotopic (exact) mass is 287 g/mol. The van der Waals surface area contributed by atoms with Crippen LogP contribution in [0.4, 0.5) is 0 Å². The minimum Gasteiger partial charge on any atom is -0.396 e. The van der Waals surface area contributed by atoms with Crippen LogP contribution in [0.15, 0.2) is 29.3 Å². The molecule has 0 radical (unpaired) electrons. The van der Waals surface area contributed by atoms with E-state index in [9.17, 15) is 14.7 Å². The molecule has 0 unspecified atom stereocenters. The molecule has 3 rings (SSSR count). The Morgan fingerprint density at radius 2 is 2.24 bits per heavy atom. The number of nitrogens with zero attached hydrogens (tertiary/aromatic N) is 2. The lowest BCUT2D eigenvalue weighted by molar-refractivity contribution is 0.0933. The summed E-state index contributed by atoms with van der Waals surface area (Å²) in [4.78, 5) is 28.6. The van der Waals surface area contributed by atoms with Crippen LogP contribution in [0.3, 0.4) is 0 Å². The van der Waals surface area contributed by atoms with Gasteiger partial charge in [-0.25, -0.2) is 4.98 Å². The molecule has 2 aromatic heterocycles. The van der Waals surface area contributed by atoms with Gasteiger partial charge in [-0.15, -0.1) is 0 Å². The Hall–Kier alpha value is -2.21. The third-order valence-corrected chi connectivity index (χ3v) is 4.01. The van der Waals surface area contributed by atoms with Crippen molar-refractivity contribution < 1.29 is 9.90 Å². The maximum absolute atomic E-state index is 12.3. The fourth-order valence-corrected chi connectivity index (χ4v) is 2.27.